The Labute approximate surface area is 128 Å². The van der Waals surface area contributed by atoms with Crippen molar-refractivity contribution < 1.29 is 9.53 Å². The van der Waals surface area contributed by atoms with E-state index in [9.17, 15) is 4.79 Å². The Morgan fingerprint density at radius 3 is 2.70 bits per heavy atom. The van der Waals surface area contributed by atoms with E-state index < -0.39 is 0 Å². The summed E-state index contributed by atoms with van der Waals surface area (Å²) in [5, 5.41) is 5.70. The number of amides is 1. The summed E-state index contributed by atoms with van der Waals surface area (Å²) in [6.45, 7) is 2.67. The van der Waals surface area contributed by atoms with Gasteiger partial charge in [0.05, 0.1) is 4.91 Å². The van der Waals surface area contributed by atoms with Crippen molar-refractivity contribution in [1.82, 2.24) is 10.6 Å². The SMILES string of the molecule is CNC(C)COc1ccc(/C=C2\SC(=S)NC2=O)cc1. The monoisotopic (exact) mass is 308 g/mol. The first kappa shape index (κ1) is 15.0. The molecule has 0 radical (unpaired) electrons. The molecule has 20 heavy (non-hydrogen) atoms. The fourth-order valence-corrected chi connectivity index (χ4v) is 2.58. The lowest BCUT2D eigenvalue weighted by Gasteiger charge is -2.11. The van der Waals surface area contributed by atoms with Crippen LogP contribution in [0.2, 0.25) is 0 Å². The van der Waals surface area contributed by atoms with Crippen molar-refractivity contribution in [2.75, 3.05) is 13.7 Å². The van der Waals surface area contributed by atoms with Gasteiger partial charge >= 0.3 is 0 Å². The average Bonchev–Trinajstić information content (AvgIpc) is 2.75. The average molecular weight is 308 g/mol. The normalized spacial score (nSPS) is 18.2. The minimum absolute atomic E-state index is 0.136. The van der Waals surface area contributed by atoms with Gasteiger partial charge in [-0.25, -0.2) is 0 Å². The highest BCUT2D eigenvalue weighted by atomic mass is 32.2. The lowest BCUT2D eigenvalue weighted by Crippen LogP contribution is -2.28. The summed E-state index contributed by atoms with van der Waals surface area (Å²) >= 11 is 6.23. The molecule has 2 rings (SSSR count). The third-order valence-corrected chi connectivity index (χ3v) is 3.98. The maximum atomic E-state index is 11.5. The van der Waals surface area contributed by atoms with Crippen LogP contribution in [0.4, 0.5) is 0 Å². The number of rotatable bonds is 5. The van der Waals surface area contributed by atoms with Crippen molar-refractivity contribution in [2.45, 2.75) is 13.0 Å². The molecule has 0 bridgehead atoms. The fraction of sp³-hybridized carbons (Fsp3) is 0.286. The molecule has 1 fully saturated rings. The molecule has 1 amide bonds. The summed E-state index contributed by atoms with van der Waals surface area (Å²) in [6.07, 6.45) is 1.82. The predicted molar refractivity (Wildman–Crippen MR) is 86.8 cm³/mol. The molecule has 106 valence electrons. The number of nitrogens with one attached hydrogen (secondary N) is 2. The Morgan fingerprint density at radius 1 is 1.45 bits per heavy atom. The van der Waals surface area contributed by atoms with Gasteiger partial charge < -0.3 is 15.4 Å². The van der Waals surface area contributed by atoms with Gasteiger partial charge in [0.2, 0.25) is 0 Å². The summed E-state index contributed by atoms with van der Waals surface area (Å²) in [5.74, 6) is 0.677. The third-order valence-electron chi connectivity index (χ3n) is 2.81. The summed E-state index contributed by atoms with van der Waals surface area (Å²) in [5.41, 5.74) is 0.946. The second kappa shape index (κ2) is 6.88. The molecule has 1 saturated heterocycles. The molecule has 1 atom stereocenters. The molecule has 4 nitrogen and oxygen atoms in total. The molecule has 1 aliphatic rings. The van der Waals surface area contributed by atoms with Crippen LogP contribution in [0.25, 0.3) is 6.08 Å². The molecule has 1 heterocycles. The third kappa shape index (κ3) is 4.06. The molecular formula is C14H16N2O2S2. The zero-order valence-electron chi connectivity index (χ0n) is 11.3. The number of thiocarbonyl (C=S) groups is 1. The first-order valence-electron chi connectivity index (χ1n) is 6.23. The second-order valence-electron chi connectivity index (χ2n) is 4.42. The van der Waals surface area contributed by atoms with Crippen LogP contribution < -0.4 is 15.4 Å². The number of hydrogen-bond donors (Lipinski definition) is 2. The van der Waals surface area contributed by atoms with E-state index in [0.29, 0.717) is 21.9 Å². The number of carbonyl (C=O) groups is 1. The number of carbonyl (C=O) groups excluding carboxylic acids is 1. The number of likely N-dealkylation sites (N-methyl/N-ethyl adjacent to an activating group) is 1. The maximum absolute atomic E-state index is 11.5. The Balaban J connectivity index is 2.00. The Kier molecular flexibility index (Phi) is 5.17. The lowest BCUT2D eigenvalue weighted by molar-refractivity contribution is -0.115. The van der Waals surface area contributed by atoms with Crippen molar-refractivity contribution in [3.63, 3.8) is 0 Å². The number of thioether (sulfide) groups is 1. The number of ether oxygens (including phenoxy) is 1. The van der Waals surface area contributed by atoms with Crippen LogP contribution >= 0.6 is 24.0 Å². The molecule has 1 aromatic rings. The summed E-state index contributed by atoms with van der Waals surface area (Å²) in [6, 6.07) is 7.93. The molecule has 6 heteroatoms. The molecular weight excluding hydrogens is 292 g/mol. The smallest absolute Gasteiger partial charge is 0.263 e. The van der Waals surface area contributed by atoms with E-state index in [-0.39, 0.29) is 5.91 Å². The van der Waals surface area contributed by atoms with Gasteiger partial charge in [0.25, 0.3) is 5.91 Å². The van der Waals surface area contributed by atoms with Crippen molar-refractivity contribution in [3.8, 4) is 5.75 Å². The van der Waals surface area contributed by atoms with Crippen molar-refractivity contribution in [1.29, 1.82) is 0 Å². The second-order valence-corrected chi connectivity index (χ2v) is 6.14. The zero-order valence-corrected chi connectivity index (χ0v) is 12.9. The summed E-state index contributed by atoms with van der Waals surface area (Å²) in [4.78, 5) is 12.2. The van der Waals surface area contributed by atoms with E-state index >= 15 is 0 Å². The fourth-order valence-electron chi connectivity index (χ4n) is 1.54. The van der Waals surface area contributed by atoms with Crippen molar-refractivity contribution >= 4 is 40.3 Å². The van der Waals surface area contributed by atoms with Crippen LogP contribution in [0.15, 0.2) is 29.2 Å². The van der Waals surface area contributed by atoms with Gasteiger partial charge in [-0.2, -0.15) is 0 Å². The molecule has 0 aliphatic carbocycles. The van der Waals surface area contributed by atoms with Gasteiger partial charge in [0, 0.05) is 6.04 Å². The topological polar surface area (TPSA) is 50.4 Å². The van der Waals surface area contributed by atoms with E-state index in [4.69, 9.17) is 17.0 Å². The Morgan fingerprint density at radius 2 is 2.15 bits per heavy atom. The molecule has 0 aromatic heterocycles. The van der Waals surface area contributed by atoms with E-state index in [2.05, 4.69) is 17.6 Å². The van der Waals surface area contributed by atoms with Crippen molar-refractivity contribution in [3.05, 3.63) is 34.7 Å². The highest BCUT2D eigenvalue weighted by Gasteiger charge is 2.21. The summed E-state index contributed by atoms with van der Waals surface area (Å²) in [7, 11) is 1.90. The Hall–Kier alpha value is -1.37. The van der Waals surface area contributed by atoms with Crippen LogP contribution in [0.3, 0.4) is 0 Å². The quantitative estimate of drug-likeness (QED) is 0.645. The van der Waals surface area contributed by atoms with Crippen LogP contribution in [-0.2, 0) is 4.79 Å². The molecule has 0 saturated carbocycles. The van der Waals surface area contributed by atoms with Gasteiger partial charge in [-0.1, -0.05) is 36.1 Å². The standard InChI is InChI=1S/C14H16N2O2S2/c1-9(15-2)8-18-11-5-3-10(4-6-11)7-12-13(17)16-14(19)20-12/h3-7,9,15H,8H2,1-2H3,(H,16,17,19)/b12-7-. The van der Waals surface area contributed by atoms with Gasteiger partial charge in [-0.15, -0.1) is 0 Å². The van der Waals surface area contributed by atoms with Crippen LogP contribution in [0, 0.1) is 0 Å². The molecule has 1 unspecified atom stereocenters. The van der Waals surface area contributed by atoms with Crippen molar-refractivity contribution in [2.24, 2.45) is 0 Å². The maximum Gasteiger partial charge on any atom is 0.263 e. The van der Waals surface area contributed by atoms with Crippen LogP contribution in [0.1, 0.15) is 12.5 Å². The molecule has 1 aromatic carbocycles. The molecule has 1 aliphatic heterocycles. The van der Waals surface area contributed by atoms with E-state index in [1.165, 1.54) is 11.8 Å². The first-order chi connectivity index (χ1) is 9.58. The molecule has 0 spiro atoms. The zero-order chi connectivity index (χ0) is 14.5. The number of benzene rings is 1. The number of hydrogen-bond acceptors (Lipinski definition) is 5. The van der Waals surface area contributed by atoms with Gasteiger partial charge in [-0.3, -0.25) is 4.79 Å². The summed E-state index contributed by atoms with van der Waals surface area (Å²) < 4.78 is 6.14. The van der Waals surface area contributed by atoms with Crippen LogP contribution in [0.5, 0.6) is 5.75 Å². The van der Waals surface area contributed by atoms with E-state index in [1.54, 1.807) is 0 Å². The highest BCUT2D eigenvalue weighted by molar-refractivity contribution is 8.26. The molecule has 2 N–H and O–H groups in total. The van der Waals surface area contributed by atoms with Gasteiger partial charge in [0.15, 0.2) is 0 Å². The highest BCUT2D eigenvalue weighted by Crippen LogP contribution is 2.26. The van der Waals surface area contributed by atoms with E-state index in [0.717, 1.165) is 11.3 Å². The van der Waals surface area contributed by atoms with Gasteiger partial charge in [-0.05, 0) is 37.7 Å². The first-order valence-corrected chi connectivity index (χ1v) is 7.46. The Bertz CT molecular complexity index is 541. The van der Waals surface area contributed by atoms with Gasteiger partial charge in [0.1, 0.15) is 16.7 Å². The minimum atomic E-state index is -0.136. The lowest BCUT2D eigenvalue weighted by atomic mass is 10.2. The minimum Gasteiger partial charge on any atom is -0.492 e. The predicted octanol–water partition coefficient (Wildman–Crippen LogP) is 2.16. The largest absolute Gasteiger partial charge is 0.492 e. The van der Waals surface area contributed by atoms with E-state index in [1.807, 2.05) is 37.4 Å². The van der Waals surface area contributed by atoms with Crippen LogP contribution in [-0.4, -0.2) is 29.9 Å².